The number of nitrogens with zero attached hydrogens (tertiary/aromatic N) is 4. The minimum absolute atomic E-state index is 0.226. The summed E-state index contributed by atoms with van der Waals surface area (Å²) in [4.78, 5) is 10.1. The van der Waals surface area contributed by atoms with Crippen molar-refractivity contribution < 1.29 is 17.5 Å². The number of hydrogen-bond acceptors (Lipinski definition) is 6. The molecular weight excluding hydrogens is 499 g/mol. The van der Waals surface area contributed by atoms with Gasteiger partial charge in [0.05, 0.1) is 29.5 Å². The summed E-state index contributed by atoms with van der Waals surface area (Å²) in [5.41, 5.74) is 2.78. The highest BCUT2D eigenvalue weighted by Crippen LogP contribution is 2.25. The maximum absolute atomic E-state index is 14.6. The van der Waals surface area contributed by atoms with E-state index < -0.39 is 10.0 Å². The van der Waals surface area contributed by atoms with Gasteiger partial charge in [-0.1, -0.05) is 18.2 Å². The van der Waals surface area contributed by atoms with Gasteiger partial charge in [0.1, 0.15) is 5.82 Å². The van der Waals surface area contributed by atoms with Crippen LogP contribution in [-0.2, 0) is 27.7 Å². The van der Waals surface area contributed by atoms with Crippen LogP contribution in [0.15, 0.2) is 88.2 Å². The molecule has 0 amide bonds. The number of morpholine rings is 1. The van der Waals surface area contributed by atoms with Gasteiger partial charge in [-0.15, -0.1) is 11.3 Å². The number of hydrogen-bond donors (Lipinski definition) is 0. The second-order valence-corrected chi connectivity index (χ2v) is 11.0. The van der Waals surface area contributed by atoms with E-state index in [2.05, 4.69) is 4.98 Å². The molecule has 10 heteroatoms. The number of rotatable bonds is 7. The second-order valence-electron chi connectivity index (χ2n) is 8.23. The Morgan fingerprint density at radius 2 is 1.75 bits per heavy atom. The lowest BCUT2D eigenvalue weighted by Crippen LogP contribution is -2.40. The predicted octanol–water partition coefficient (Wildman–Crippen LogP) is 4.25. The van der Waals surface area contributed by atoms with E-state index >= 15 is 0 Å². The molecule has 1 aliphatic heterocycles. The molecule has 1 aliphatic rings. The predicted molar refractivity (Wildman–Crippen MR) is 137 cm³/mol. The molecule has 0 radical (unpaired) electrons. The molecule has 0 bridgehead atoms. The first-order chi connectivity index (χ1) is 17.5. The van der Waals surface area contributed by atoms with E-state index in [0.29, 0.717) is 55.3 Å². The van der Waals surface area contributed by atoms with Gasteiger partial charge in [-0.05, 0) is 48.5 Å². The monoisotopic (exact) mass is 524 g/mol. The first-order valence-corrected chi connectivity index (χ1v) is 13.9. The van der Waals surface area contributed by atoms with Crippen molar-refractivity contribution >= 4 is 27.0 Å². The fourth-order valence-corrected chi connectivity index (χ4v) is 6.39. The van der Waals surface area contributed by atoms with Crippen LogP contribution < -0.4 is 4.80 Å². The Bertz CT molecular complexity index is 1490. The van der Waals surface area contributed by atoms with Gasteiger partial charge in [-0.2, -0.15) is 4.31 Å². The number of aryl methyl sites for hydroxylation is 1. The molecule has 0 N–H and O–H groups in total. The zero-order valence-corrected chi connectivity index (χ0v) is 21.1. The summed E-state index contributed by atoms with van der Waals surface area (Å²) >= 11 is 1.41. The highest BCUT2D eigenvalue weighted by molar-refractivity contribution is 7.89. The molecule has 0 aliphatic carbocycles. The van der Waals surface area contributed by atoms with Gasteiger partial charge in [0.15, 0.2) is 4.80 Å². The number of aromatic nitrogens is 2. The molecule has 2 aromatic heterocycles. The zero-order valence-electron chi connectivity index (χ0n) is 19.5. The fourth-order valence-electron chi connectivity index (χ4n) is 4.03. The standard InChI is InChI=1S/C26H25FN4O3S2/c27-24-7-2-1-6-23(24)25-19-35-26(31(25)14-12-20-5-3-4-13-28-20)29-21-8-10-22(11-9-21)36(32,33)30-15-17-34-18-16-30/h1-11,13,19H,12,14-18H2. The van der Waals surface area contributed by atoms with Crippen molar-refractivity contribution in [2.24, 2.45) is 4.99 Å². The topological polar surface area (TPSA) is 76.8 Å². The molecule has 0 spiro atoms. The number of pyridine rings is 1. The van der Waals surface area contributed by atoms with Crippen molar-refractivity contribution in [3.63, 3.8) is 0 Å². The van der Waals surface area contributed by atoms with Gasteiger partial charge in [0, 0.05) is 48.9 Å². The van der Waals surface area contributed by atoms with E-state index in [1.165, 1.54) is 21.7 Å². The van der Waals surface area contributed by atoms with Crippen LogP contribution in [0.4, 0.5) is 10.1 Å². The Morgan fingerprint density at radius 1 is 1.00 bits per heavy atom. The number of halogens is 1. The van der Waals surface area contributed by atoms with Crippen LogP contribution in [0.2, 0.25) is 0 Å². The average Bonchev–Trinajstić information content (AvgIpc) is 3.31. The lowest BCUT2D eigenvalue weighted by Gasteiger charge is -2.26. The number of sulfonamides is 1. The van der Waals surface area contributed by atoms with Crippen LogP contribution in [0.5, 0.6) is 0 Å². The average molecular weight is 525 g/mol. The summed E-state index contributed by atoms with van der Waals surface area (Å²) in [6, 6.07) is 19.0. The van der Waals surface area contributed by atoms with Gasteiger partial charge in [0.25, 0.3) is 0 Å². The Morgan fingerprint density at radius 3 is 2.47 bits per heavy atom. The summed E-state index contributed by atoms with van der Waals surface area (Å²) in [5.74, 6) is -0.300. The SMILES string of the molecule is O=S(=O)(c1ccc(N=c2scc(-c3ccccc3F)n2CCc2ccccn2)cc1)N1CCOCC1. The molecule has 7 nitrogen and oxygen atoms in total. The van der Waals surface area contributed by atoms with Crippen molar-refractivity contribution in [1.82, 2.24) is 13.9 Å². The largest absolute Gasteiger partial charge is 0.379 e. The minimum Gasteiger partial charge on any atom is -0.379 e. The summed E-state index contributed by atoms with van der Waals surface area (Å²) in [7, 11) is -3.58. The molecule has 1 fully saturated rings. The van der Waals surface area contributed by atoms with Gasteiger partial charge >= 0.3 is 0 Å². The van der Waals surface area contributed by atoms with Crippen LogP contribution >= 0.6 is 11.3 Å². The first kappa shape index (κ1) is 24.5. The van der Waals surface area contributed by atoms with Crippen LogP contribution in [0.3, 0.4) is 0 Å². The smallest absolute Gasteiger partial charge is 0.243 e. The minimum atomic E-state index is -3.58. The lowest BCUT2D eigenvalue weighted by atomic mass is 10.1. The van der Waals surface area contributed by atoms with Gasteiger partial charge < -0.3 is 9.30 Å². The molecule has 0 atom stereocenters. The van der Waals surface area contributed by atoms with Gasteiger partial charge in [-0.3, -0.25) is 4.98 Å². The molecule has 5 rings (SSSR count). The van der Waals surface area contributed by atoms with Crippen LogP contribution in [0, 0.1) is 5.82 Å². The van der Waals surface area contributed by atoms with Crippen molar-refractivity contribution in [1.29, 1.82) is 0 Å². The van der Waals surface area contributed by atoms with E-state index in [1.54, 1.807) is 42.6 Å². The summed E-state index contributed by atoms with van der Waals surface area (Å²) in [6.07, 6.45) is 2.41. The van der Waals surface area contributed by atoms with Crippen molar-refractivity contribution in [2.75, 3.05) is 26.3 Å². The highest BCUT2D eigenvalue weighted by Gasteiger charge is 2.26. The lowest BCUT2D eigenvalue weighted by molar-refractivity contribution is 0.0730. The Labute approximate surface area is 213 Å². The van der Waals surface area contributed by atoms with Crippen LogP contribution in [0.25, 0.3) is 11.3 Å². The summed E-state index contributed by atoms with van der Waals surface area (Å²) in [6.45, 7) is 2.05. The quantitative estimate of drug-likeness (QED) is 0.362. The van der Waals surface area contributed by atoms with Crippen molar-refractivity contribution in [2.45, 2.75) is 17.9 Å². The summed E-state index contributed by atoms with van der Waals surface area (Å²) < 4.78 is 49.2. The maximum Gasteiger partial charge on any atom is 0.243 e. The first-order valence-electron chi connectivity index (χ1n) is 11.6. The van der Waals surface area contributed by atoms with E-state index in [1.807, 2.05) is 34.2 Å². The van der Waals surface area contributed by atoms with E-state index in [-0.39, 0.29) is 10.7 Å². The van der Waals surface area contributed by atoms with Crippen molar-refractivity contribution in [3.05, 3.63) is 94.6 Å². The Hall–Kier alpha value is -3.18. The molecule has 3 heterocycles. The van der Waals surface area contributed by atoms with Crippen LogP contribution in [0.1, 0.15) is 5.69 Å². The maximum atomic E-state index is 14.6. The molecule has 0 unspecified atom stereocenters. The van der Waals surface area contributed by atoms with E-state index in [9.17, 15) is 12.8 Å². The third-order valence-corrected chi connectivity index (χ3v) is 8.71. The van der Waals surface area contributed by atoms with Gasteiger partial charge in [0.2, 0.25) is 10.0 Å². The molecule has 2 aromatic carbocycles. The van der Waals surface area contributed by atoms with Crippen molar-refractivity contribution in [3.8, 4) is 11.3 Å². The normalized spacial score (nSPS) is 15.3. The summed E-state index contributed by atoms with van der Waals surface area (Å²) in [5, 5.41) is 1.90. The molecule has 4 aromatic rings. The molecule has 1 saturated heterocycles. The zero-order chi connectivity index (χ0) is 25.0. The fraction of sp³-hybridized carbons (Fsp3) is 0.231. The number of benzene rings is 2. The Balaban J connectivity index is 1.48. The number of ether oxygens (including phenoxy) is 1. The molecular formula is C26H25FN4O3S2. The van der Waals surface area contributed by atoms with E-state index in [4.69, 9.17) is 9.73 Å². The third-order valence-electron chi connectivity index (χ3n) is 5.93. The number of thiazole rings is 1. The molecule has 36 heavy (non-hydrogen) atoms. The Kier molecular flexibility index (Phi) is 7.38. The highest BCUT2D eigenvalue weighted by atomic mass is 32.2. The molecule has 0 saturated carbocycles. The third kappa shape index (κ3) is 5.31. The van der Waals surface area contributed by atoms with E-state index in [0.717, 1.165) is 11.4 Å². The molecule has 186 valence electrons. The second kappa shape index (κ2) is 10.8. The van der Waals surface area contributed by atoms with Gasteiger partial charge in [-0.25, -0.2) is 17.8 Å². The van der Waals surface area contributed by atoms with Crippen LogP contribution in [-0.4, -0.2) is 48.6 Å².